The van der Waals surface area contributed by atoms with Crippen molar-refractivity contribution < 1.29 is 0 Å². The van der Waals surface area contributed by atoms with Gasteiger partial charge in [-0.05, 0) is 38.5 Å². The predicted octanol–water partition coefficient (Wildman–Crippen LogP) is 2.45. The van der Waals surface area contributed by atoms with Crippen LogP contribution in [0.1, 0.15) is 45.4 Å². The third kappa shape index (κ3) is 4.80. The second-order valence-electron chi connectivity index (χ2n) is 5.13. The number of hydrogen-bond donors (Lipinski definition) is 2. The van der Waals surface area contributed by atoms with Crippen LogP contribution in [0.25, 0.3) is 0 Å². The first-order chi connectivity index (χ1) is 8.38. The molecule has 0 atom stereocenters. The van der Waals surface area contributed by atoms with Crippen molar-refractivity contribution in [2.24, 2.45) is 10.9 Å². The molecule has 3 heteroatoms. The topological polar surface area (TPSA) is 36.4 Å². The Bertz CT molecular complexity index is 271. The molecule has 17 heavy (non-hydrogen) atoms. The second kappa shape index (κ2) is 6.67. The summed E-state index contributed by atoms with van der Waals surface area (Å²) in [6.45, 7) is 4.02. The Hall–Kier alpha value is -0.990. The van der Waals surface area contributed by atoms with E-state index in [1.165, 1.54) is 25.7 Å². The third-order valence-electron chi connectivity index (χ3n) is 3.43. The third-order valence-corrected chi connectivity index (χ3v) is 3.43. The van der Waals surface area contributed by atoms with Crippen LogP contribution in [0.2, 0.25) is 0 Å². The number of hydrogen-bond acceptors (Lipinski definition) is 1. The Morgan fingerprint density at radius 2 is 2.06 bits per heavy atom. The summed E-state index contributed by atoms with van der Waals surface area (Å²) in [6, 6.07) is 0.552. The van der Waals surface area contributed by atoms with Crippen molar-refractivity contribution >= 4 is 5.96 Å². The molecule has 0 aliphatic heterocycles. The fourth-order valence-corrected chi connectivity index (χ4v) is 2.23. The molecular weight excluding hydrogens is 210 g/mol. The van der Waals surface area contributed by atoms with Gasteiger partial charge in [0.1, 0.15) is 0 Å². The van der Waals surface area contributed by atoms with Crippen LogP contribution in [0.15, 0.2) is 17.1 Å². The number of nitrogens with zero attached hydrogens (tertiary/aromatic N) is 1. The van der Waals surface area contributed by atoms with Gasteiger partial charge in [-0.2, -0.15) is 0 Å². The van der Waals surface area contributed by atoms with Gasteiger partial charge in [0.25, 0.3) is 0 Å². The summed E-state index contributed by atoms with van der Waals surface area (Å²) in [4.78, 5) is 4.64. The summed E-state index contributed by atoms with van der Waals surface area (Å²) in [5.74, 6) is 2.02. The Morgan fingerprint density at radius 3 is 2.71 bits per heavy atom. The van der Waals surface area contributed by atoms with Gasteiger partial charge in [-0.3, -0.25) is 4.99 Å². The quantitative estimate of drug-likeness (QED) is 0.321. The molecule has 0 bridgehead atoms. The summed E-state index contributed by atoms with van der Waals surface area (Å²) in [7, 11) is 0. The zero-order valence-electron chi connectivity index (χ0n) is 10.9. The van der Waals surface area contributed by atoms with Gasteiger partial charge in [-0.15, -0.1) is 0 Å². The minimum atomic E-state index is 0.552. The molecule has 1 fully saturated rings. The van der Waals surface area contributed by atoms with Gasteiger partial charge < -0.3 is 10.6 Å². The minimum absolute atomic E-state index is 0.552. The second-order valence-corrected chi connectivity index (χ2v) is 5.13. The lowest BCUT2D eigenvalue weighted by Gasteiger charge is -2.16. The first-order valence-electron chi connectivity index (χ1n) is 7.08. The molecule has 0 unspecified atom stereocenters. The van der Waals surface area contributed by atoms with Crippen LogP contribution in [0.4, 0.5) is 0 Å². The first kappa shape index (κ1) is 12.5. The summed E-state index contributed by atoms with van der Waals surface area (Å²) in [5, 5.41) is 6.82. The molecule has 3 nitrogen and oxygen atoms in total. The summed E-state index contributed by atoms with van der Waals surface area (Å²) >= 11 is 0. The van der Waals surface area contributed by atoms with Crippen LogP contribution in [-0.4, -0.2) is 25.1 Å². The molecule has 0 aromatic rings. The molecule has 0 aromatic heterocycles. The summed E-state index contributed by atoms with van der Waals surface area (Å²) in [5.41, 5.74) is 0. The van der Waals surface area contributed by atoms with Crippen molar-refractivity contribution in [1.29, 1.82) is 0 Å². The van der Waals surface area contributed by atoms with E-state index in [1.54, 1.807) is 0 Å². The highest BCUT2D eigenvalue weighted by Crippen LogP contribution is 2.33. The van der Waals surface area contributed by atoms with Crippen LogP contribution < -0.4 is 10.6 Å². The highest BCUT2D eigenvalue weighted by molar-refractivity contribution is 5.80. The average Bonchev–Trinajstić information content (AvgIpc) is 3.01. The molecule has 0 aromatic carbocycles. The monoisotopic (exact) mass is 235 g/mol. The fraction of sp³-hybridized carbons (Fsp3) is 0.786. The van der Waals surface area contributed by atoms with E-state index in [4.69, 9.17) is 0 Å². The zero-order valence-corrected chi connectivity index (χ0v) is 10.9. The molecule has 2 N–H and O–H groups in total. The van der Waals surface area contributed by atoms with E-state index in [9.17, 15) is 0 Å². The van der Waals surface area contributed by atoms with Crippen LogP contribution >= 0.6 is 0 Å². The van der Waals surface area contributed by atoms with Crippen molar-refractivity contribution in [3.63, 3.8) is 0 Å². The van der Waals surface area contributed by atoms with Crippen molar-refractivity contribution in [1.82, 2.24) is 10.6 Å². The smallest absolute Gasteiger partial charge is 0.191 e. The zero-order chi connectivity index (χ0) is 11.9. The molecule has 2 aliphatic carbocycles. The van der Waals surface area contributed by atoms with Crippen molar-refractivity contribution in [2.75, 3.05) is 13.1 Å². The molecule has 0 spiro atoms. The van der Waals surface area contributed by atoms with Gasteiger partial charge in [0.2, 0.25) is 0 Å². The SMILES string of the molecule is CCNC(=NCCCC1CC1)NC1CC=CC1. The van der Waals surface area contributed by atoms with E-state index in [-0.39, 0.29) is 0 Å². The van der Waals surface area contributed by atoms with Crippen LogP contribution in [0.5, 0.6) is 0 Å². The molecule has 0 saturated heterocycles. The molecule has 2 rings (SSSR count). The number of nitrogens with one attached hydrogen (secondary N) is 2. The maximum absolute atomic E-state index is 4.64. The van der Waals surface area contributed by atoms with Crippen LogP contribution in [0.3, 0.4) is 0 Å². The molecule has 1 saturated carbocycles. The van der Waals surface area contributed by atoms with Crippen LogP contribution in [-0.2, 0) is 0 Å². The van der Waals surface area contributed by atoms with E-state index in [0.29, 0.717) is 6.04 Å². The lowest BCUT2D eigenvalue weighted by Crippen LogP contribution is -2.42. The molecule has 0 radical (unpaired) electrons. The summed E-state index contributed by atoms with van der Waals surface area (Å²) in [6.07, 6.45) is 12.3. The van der Waals surface area contributed by atoms with Crippen molar-refractivity contribution in [2.45, 2.75) is 51.5 Å². The number of aliphatic imine (C=N–C) groups is 1. The van der Waals surface area contributed by atoms with Gasteiger partial charge in [0.15, 0.2) is 5.96 Å². The first-order valence-corrected chi connectivity index (χ1v) is 7.08. The van der Waals surface area contributed by atoms with Gasteiger partial charge in [0, 0.05) is 19.1 Å². The average molecular weight is 235 g/mol. The Balaban J connectivity index is 1.67. The van der Waals surface area contributed by atoms with Gasteiger partial charge >= 0.3 is 0 Å². The Kier molecular flexibility index (Phi) is 4.89. The lowest BCUT2D eigenvalue weighted by molar-refractivity contribution is 0.626. The van der Waals surface area contributed by atoms with E-state index in [0.717, 1.165) is 37.8 Å². The maximum atomic E-state index is 4.64. The highest BCUT2D eigenvalue weighted by atomic mass is 15.2. The fourth-order valence-electron chi connectivity index (χ4n) is 2.23. The van der Waals surface area contributed by atoms with Gasteiger partial charge in [0.05, 0.1) is 0 Å². The Labute approximate surface area is 105 Å². The van der Waals surface area contributed by atoms with E-state index in [2.05, 4.69) is 34.7 Å². The Morgan fingerprint density at radius 1 is 1.29 bits per heavy atom. The van der Waals surface area contributed by atoms with Gasteiger partial charge in [-0.25, -0.2) is 0 Å². The molecule has 0 heterocycles. The molecular formula is C14H25N3. The maximum Gasteiger partial charge on any atom is 0.191 e. The van der Waals surface area contributed by atoms with Crippen molar-refractivity contribution in [3.8, 4) is 0 Å². The molecule has 2 aliphatic rings. The van der Waals surface area contributed by atoms with Crippen LogP contribution in [0, 0.1) is 5.92 Å². The molecule has 0 amide bonds. The minimum Gasteiger partial charge on any atom is -0.357 e. The number of guanidine groups is 1. The van der Waals surface area contributed by atoms with Crippen molar-refractivity contribution in [3.05, 3.63) is 12.2 Å². The normalized spacial score (nSPS) is 20.9. The standard InChI is InChI=1S/C14H25N3/c1-2-15-14(17-13-7-3-4-8-13)16-11-5-6-12-9-10-12/h3-4,12-13H,2,5-11H2,1H3,(H2,15,16,17). The highest BCUT2D eigenvalue weighted by Gasteiger charge is 2.20. The lowest BCUT2D eigenvalue weighted by atomic mass is 10.2. The molecule has 96 valence electrons. The predicted molar refractivity (Wildman–Crippen MR) is 73.2 cm³/mol. The van der Waals surface area contributed by atoms with Gasteiger partial charge in [-0.1, -0.05) is 25.0 Å². The largest absolute Gasteiger partial charge is 0.357 e. The summed E-state index contributed by atoms with van der Waals surface area (Å²) < 4.78 is 0. The van der Waals surface area contributed by atoms with E-state index < -0.39 is 0 Å². The van der Waals surface area contributed by atoms with E-state index in [1.807, 2.05) is 0 Å². The van der Waals surface area contributed by atoms with E-state index >= 15 is 0 Å². The number of rotatable bonds is 6.